The molecule has 2 saturated heterocycles. The minimum atomic E-state index is 0. The Balaban J connectivity index is 0.00000208. The number of hydrogen-bond acceptors (Lipinski definition) is 5. The highest BCUT2D eigenvalue weighted by molar-refractivity contribution is 5.85. The summed E-state index contributed by atoms with van der Waals surface area (Å²) in [4.78, 5) is 28.5. The third-order valence-corrected chi connectivity index (χ3v) is 4.83. The molecule has 1 N–H and O–H groups in total. The zero-order valence-electron chi connectivity index (χ0n) is 14.2. The zero-order valence-corrected chi connectivity index (χ0v) is 15.0. The van der Waals surface area contributed by atoms with E-state index in [-0.39, 0.29) is 30.3 Å². The van der Waals surface area contributed by atoms with Crippen LogP contribution >= 0.6 is 12.4 Å². The van der Waals surface area contributed by atoms with E-state index in [2.05, 4.69) is 10.5 Å². The normalized spacial score (nSPS) is 21.6. The summed E-state index contributed by atoms with van der Waals surface area (Å²) in [5, 5.41) is 7.00. The van der Waals surface area contributed by atoms with Crippen molar-refractivity contribution in [1.29, 1.82) is 0 Å². The molecule has 2 aliphatic heterocycles. The molecular weight excluding hydrogens is 332 g/mol. The van der Waals surface area contributed by atoms with Crippen LogP contribution in [0.4, 0.5) is 0 Å². The molecule has 0 saturated carbocycles. The highest BCUT2D eigenvalue weighted by Gasteiger charge is 2.32. The molecule has 3 rings (SSSR count). The molecule has 1 aromatic rings. The number of nitrogens with zero attached hydrogens (tertiary/aromatic N) is 3. The molecule has 0 aliphatic carbocycles. The van der Waals surface area contributed by atoms with Crippen molar-refractivity contribution in [2.45, 2.75) is 39.2 Å². The van der Waals surface area contributed by atoms with E-state index in [0.29, 0.717) is 25.3 Å². The summed E-state index contributed by atoms with van der Waals surface area (Å²) in [6.07, 6.45) is 2.24. The lowest BCUT2D eigenvalue weighted by Gasteiger charge is -2.41. The van der Waals surface area contributed by atoms with Gasteiger partial charge in [-0.25, -0.2) is 0 Å². The van der Waals surface area contributed by atoms with Crippen LogP contribution in [0.1, 0.15) is 29.9 Å². The molecule has 2 amide bonds. The van der Waals surface area contributed by atoms with Gasteiger partial charge in [0, 0.05) is 37.8 Å². The average Bonchev–Trinajstić information content (AvgIpc) is 2.87. The van der Waals surface area contributed by atoms with Crippen molar-refractivity contribution in [2.24, 2.45) is 0 Å². The summed E-state index contributed by atoms with van der Waals surface area (Å²) in [7, 11) is 0. The van der Waals surface area contributed by atoms with E-state index in [1.165, 1.54) is 0 Å². The van der Waals surface area contributed by atoms with E-state index < -0.39 is 0 Å². The Morgan fingerprint density at radius 3 is 2.83 bits per heavy atom. The second-order valence-electron chi connectivity index (χ2n) is 6.38. The van der Waals surface area contributed by atoms with Gasteiger partial charge in [0.25, 0.3) is 0 Å². The number of carbonyl (C=O) groups is 2. The van der Waals surface area contributed by atoms with E-state index in [4.69, 9.17) is 4.52 Å². The van der Waals surface area contributed by atoms with Gasteiger partial charge in [0.05, 0.1) is 18.7 Å². The highest BCUT2D eigenvalue weighted by Crippen LogP contribution is 2.19. The van der Waals surface area contributed by atoms with E-state index in [1.54, 1.807) is 0 Å². The molecule has 1 aromatic heterocycles. The first-order valence-corrected chi connectivity index (χ1v) is 8.26. The number of piperidine rings is 1. The van der Waals surface area contributed by atoms with Crippen molar-refractivity contribution in [1.82, 2.24) is 20.3 Å². The molecule has 1 atom stereocenters. The Kier molecular flexibility index (Phi) is 6.23. The van der Waals surface area contributed by atoms with E-state index >= 15 is 0 Å². The third-order valence-electron chi connectivity index (χ3n) is 4.83. The van der Waals surface area contributed by atoms with Crippen LogP contribution in [0, 0.1) is 13.8 Å². The van der Waals surface area contributed by atoms with E-state index in [9.17, 15) is 9.59 Å². The summed E-state index contributed by atoms with van der Waals surface area (Å²) in [6.45, 7) is 7.06. The van der Waals surface area contributed by atoms with Gasteiger partial charge in [0.2, 0.25) is 11.8 Å². The minimum Gasteiger partial charge on any atom is -0.361 e. The SMILES string of the molecule is Cc1noc(C)c1CC(=O)N1CCCC(N2CCNCC2=O)C1.Cl. The van der Waals surface area contributed by atoms with Crippen LogP contribution in [0.3, 0.4) is 0 Å². The van der Waals surface area contributed by atoms with Gasteiger partial charge < -0.3 is 19.6 Å². The monoisotopic (exact) mass is 356 g/mol. The van der Waals surface area contributed by atoms with Crippen LogP contribution in [0.15, 0.2) is 4.52 Å². The maximum Gasteiger partial charge on any atom is 0.236 e. The Hall–Kier alpha value is -1.60. The summed E-state index contributed by atoms with van der Waals surface area (Å²) >= 11 is 0. The van der Waals surface area contributed by atoms with Gasteiger partial charge in [-0.3, -0.25) is 9.59 Å². The maximum atomic E-state index is 12.6. The third kappa shape index (κ3) is 3.89. The Morgan fingerprint density at radius 1 is 1.38 bits per heavy atom. The predicted molar refractivity (Wildman–Crippen MR) is 91.1 cm³/mol. The molecule has 7 nitrogen and oxygen atoms in total. The molecule has 0 radical (unpaired) electrons. The first-order chi connectivity index (χ1) is 11.1. The molecule has 0 bridgehead atoms. The number of aromatic nitrogens is 1. The molecule has 1 unspecified atom stereocenters. The van der Waals surface area contributed by atoms with E-state index in [0.717, 1.165) is 43.7 Å². The number of rotatable bonds is 3. The summed E-state index contributed by atoms with van der Waals surface area (Å²) < 4.78 is 5.13. The molecule has 0 aromatic carbocycles. The molecule has 134 valence electrons. The van der Waals surface area contributed by atoms with Crippen molar-refractivity contribution in [3.63, 3.8) is 0 Å². The lowest BCUT2D eigenvalue weighted by molar-refractivity contribution is -0.140. The average molecular weight is 357 g/mol. The highest BCUT2D eigenvalue weighted by atomic mass is 35.5. The standard InChI is InChI=1S/C16H24N4O3.ClH/c1-11-14(12(2)23-18-11)8-15(21)19-6-3-4-13(10-19)20-7-5-17-9-16(20)22;/h13,17H,3-10H2,1-2H3;1H. The van der Waals surface area contributed by atoms with Gasteiger partial charge in [-0.15, -0.1) is 12.4 Å². The fourth-order valence-corrected chi connectivity index (χ4v) is 3.46. The van der Waals surface area contributed by atoms with Gasteiger partial charge in [0.15, 0.2) is 0 Å². The number of piperazine rings is 1. The quantitative estimate of drug-likeness (QED) is 0.861. The van der Waals surface area contributed by atoms with Crippen molar-refractivity contribution < 1.29 is 14.1 Å². The van der Waals surface area contributed by atoms with E-state index in [1.807, 2.05) is 23.6 Å². The number of halogens is 1. The molecule has 2 fully saturated rings. The van der Waals surface area contributed by atoms with Crippen molar-refractivity contribution >= 4 is 24.2 Å². The summed E-state index contributed by atoms with van der Waals surface area (Å²) in [6, 6.07) is 0.145. The molecule has 24 heavy (non-hydrogen) atoms. The number of hydrogen-bond donors (Lipinski definition) is 1. The van der Waals surface area contributed by atoms with Crippen LogP contribution in [0.25, 0.3) is 0 Å². The predicted octanol–water partition coefficient (Wildman–Crippen LogP) is 0.679. The second kappa shape index (κ2) is 7.98. The van der Waals surface area contributed by atoms with Gasteiger partial charge in [0.1, 0.15) is 5.76 Å². The smallest absolute Gasteiger partial charge is 0.236 e. The number of aryl methyl sites for hydroxylation is 2. The fraction of sp³-hybridized carbons (Fsp3) is 0.688. The van der Waals surface area contributed by atoms with Crippen molar-refractivity contribution in [3.05, 3.63) is 17.0 Å². The molecule has 3 heterocycles. The summed E-state index contributed by atoms with van der Waals surface area (Å²) in [5.41, 5.74) is 1.66. The number of amides is 2. The number of nitrogens with one attached hydrogen (secondary N) is 1. The number of carbonyl (C=O) groups excluding carboxylic acids is 2. The second-order valence-corrected chi connectivity index (χ2v) is 6.38. The largest absolute Gasteiger partial charge is 0.361 e. The Labute approximate surface area is 148 Å². The maximum absolute atomic E-state index is 12.6. The van der Waals surface area contributed by atoms with Crippen LogP contribution in [-0.2, 0) is 16.0 Å². The Bertz CT molecular complexity index is 585. The first kappa shape index (κ1) is 18.7. The molecular formula is C16H25ClN4O3. The van der Waals surface area contributed by atoms with Crippen LogP contribution in [0.5, 0.6) is 0 Å². The fourth-order valence-electron chi connectivity index (χ4n) is 3.46. The summed E-state index contributed by atoms with van der Waals surface area (Å²) in [5.74, 6) is 0.939. The minimum absolute atomic E-state index is 0. The first-order valence-electron chi connectivity index (χ1n) is 8.26. The van der Waals surface area contributed by atoms with Crippen LogP contribution in [0.2, 0.25) is 0 Å². The van der Waals surface area contributed by atoms with Gasteiger partial charge in [-0.1, -0.05) is 5.16 Å². The lowest BCUT2D eigenvalue weighted by Crippen LogP contribution is -2.57. The van der Waals surface area contributed by atoms with Gasteiger partial charge in [-0.2, -0.15) is 0 Å². The molecule has 2 aliphatic rings. The molecule has 8 heteroatoms. The van der Waals surface area contributed by atoms with Crippen LogP contribution in [-0.4, -0.2) is 65.5 Å². The Morgan fingerprint density at radius 2 is 2.17 bits per heavy atom. The lowest BCUT2D eigenvalue weighted by atomic mass is 10.0. The molecule has 0 spiro atoms. The van der Waals surface area contributed by atoms with Crippen molar-refractivity contribution in [2.75, 3.05) is 32.7 Å². The number of likely N-dealkylation sites (tertiary alicyclic amines) is 1. The topological polar surface area (TPSA) is 78.7 Å². The van der Waals surface area contributed by atoms with Gasteiger partial charge in [-0.05, 0) is 26.7 Å². The van der Waals surface area contributed by atoms with Crippen molar-refractivity contribution in [3.8, 4) is 0 Å². The zero-order chi connectivity index (χ0) is 16.4. The van der Waals surface area contributed by atoms with Gasteiger partial charge >= 0.3 is 0 Å². The van der Waals surface area contributed by atoms with Crippen LogP contribution < -0.4 is 5.32 Å².